The molecule has 0 aliphatic heterocycles. The lowest BCUT2D eigenvalue weighted by Gasteiger charge is -2.20. The average Bonchev–Trinajstić information content (AvgIpc) is 2.92. The van der Waals surface area contributed by atoms with Crippen molar-refractivity contribution in [3.8, 4) is 11.5 Å². The molecule has 1 aliphatic carbocycles. The van der Waals surface area contributed by atoms with E-state index >= 15 is 0 Å². The number of ether oxygens (including phenoxy) is 2. The van der Waals surface area contributed by atoms with Crippen molar-refractivity contribution in [1.29, 1.82) is 0 Å². The van der Waals surface area contributed by atoms with E-state index in [1.54, 1.807) is 20.4 Å². The van der Waals surface area contributed by atoms with Crippen molar-refractivity contribution in [1.82, 2.24) is 10.3 Å². The molecule has 1 fully saturated rings. The normalized spacial score (nSPS) is 21.9. The number of nitrogens with one attached hydrogen (secondary N) is 1. The molecule has 0 bridgehead atoms. The molecule has 1 aromatic rings. The maximum absolute atomic E-state index is 5.42. The van der Waals surface area contributed by atoms with Crippen LogP contribution >= 0.6 is 11.8 Å². The molecular formula is C15H24N2O2S. The van der Waals surface area contributed by atoms with Gasteiger partial charge >= 0.3 is 0 Å². The molecule has 1 aliphatic rings. The molecule has 1 N–H and O–H groups in total. The van der Waals surface area contributed by atoms with Crippen LogP contribution in [-0.4, -0.2) is 36.2 Å². The Kier molecular flexibility index (Phi) is 5.98. The Labute approximate surface area is 125 Å². The number of thioether (sulfide) groups is 1. The van der Waals surface area contributed by atoms with Gasteiger partial charge in [-0.15, -0.1) is 0 Å². The zero-order chi connectivity index (χ0) is 14.4. The summed E-state index contributed by atoms with van der Waals surface area (Å²) in [5, 5.41) is 4.37. The summed E-state index contributed by atoms with van der Waals surface area (Å²) in [5.41, 5.74) is 0.916. The van der Waals surface area contributed by atoms with E-state index in [4.69, 9.17) is 9.47 Å². The van der Waals surface area contributed by atoms with Crippen LogP contribution in [0.15, 0.2) is 12.3 Å². The predicted octanol–water partition coefficient (Wildman–Crippen LogP) is 2.86. The second kappa shape index (κ2) is 7.74. The van der Waals surface area contributed by atoms with Crippen LogP contribution in [0, 0.1) is 0 Å². The first kappa shape index (κ1) is 15.4. The third-order valence-corrected chi connectivity index (χ3v) is 5.06. The van der Waals surface area contributed by atoms with Gasteiger partial charge in [-0.25, -0.2) is 0 Å². The summed E-state index contributed by atoms with van der Waals surface area (Å²) in [5.74, 6) is 2.66. The third-order valence-electron chi connectivity index (χ3n) is 3.73. The fraction of sp³-hybridized carbons (Fsp3) is 0.667. The second-order valence-electron chi connectivity index (χ2n) is 4.91. The number of methoxy groups -OCH3 is 2. The van der Waals surface area contributed by atoms with Crippen molar-refractivity contribution in [3.63, 3.8) is 0 Å². The molecule has 0 saturated heterocycles. The number of rotatable bonds is 7. The van der Waals surface area contributed by atoms with E-state index in [1.165, 1.54) is 25.0 Å². The Bertz CT molecular complexity index is 428. The highest BCUT2D eigenvalue weighted by atomic mass is 32.2. The maximum atomic E-state index is 5.42. The van der Waals surface area contributed by atoms with Crippen LogP contribution in [0.5, 0.6) is 11.5 Å². The molecule has 0 amide bonds. The summed E-state index contributed by atoms with van der Waals surface area (Å²) < 4.78 is 10.7. The van der Waals surface area contributed by atoms with Gasteiger partial charge in [-0.3, -0.25) is 4.98 Å². The van der Waals surface area contributed by atoms with Crippen molar-refractivity contribution in [2.24, 2.45) is 0 Å². The van der Waals surface area contributed by atoms with Crippen molar-refractivity contribution in [2.75, 3.05) is 20.0 Å². The molecule has 5 heteroatoms. The van der Waals surface area contributed by atoms with E-state index in [0.717, 1.165) is 29.0 Å². The molecule has 1 aromatic heterocycles. The molecule has 1 saturated carbocycles. The minimum Gasteiger partial charge on any atom is -0.493 e. The van der Waals surface area contributed by atoms with Gasteiger partial charge in [-0.05, 0) is 18.6 Å². The van der Waals surface area contributed by atoms with Crippen molar-refractivity contribution < 1.29 is 9.47 Å². The zero-order valence-corrected chi connectivity index (χ0v) is 13.3. The van der Waals surface area contributed by atoms with Crippen LogP contribution in [0.25, 0.3) is 0 Å². The zero-order valence-electron chi connectivity index (χ0n) is 12.5. The van der Waals surface area contributed by atoms with Crippen molar-refractivity contribution in [3.05, 3.63) is 18.0 Å². The van der Waals surface area contributed by atoms with Gasteiger partial charge in [-0.2, -0.15) is 11.8 Å². The molecule has 0 radical (unpaired) electrons. The van der Waals surface area contributed by atoms with Gasteiger partial charge < -0.3 is 14.8 Å². The van der Waals surface area contributed by atoms with Crippen LogP contribution in [0.2, 0.25) is 0 Å². The monoisotopic (exact) mass is 296 g/mol. The fourth-order valence-electron chi connectivity index (χ4n) is 2.78. The highest BCUT2D eigenvalue weighted by molar-refractivity contribution is 7.99. The largest absolute Gasteiger partial charge is 0.493 e. The van der Waals surface area contributed by atoms with E-state index in [2.05, 4.69) is 29.0 Å². The van der Waals surface area contributed by atoms with E-state index in [1.807, 2.05) is 6.07 Å². The van der Waals surface area contributed by atoms with Gasteiger partial charge in [-0.1, -0.05) is 13.3 Å². The highest BCUT2D eigenvalue weighted by Crippen LogP contribution is 2.32. The highest BCUT2D eigenvalue weighted by Gasteiger charge is 2.27. The Morgan fingerprint density at radius 2 is 2.20 bits per heavy atom. The summed E-state index contributed by atoms with van der Waals surface area (Å²) in [6, 6.07) is 2.41. The van der Waals surface area contributed by atoms with Gasteiger partial charge in [0.1, 0.15) is 0 Å². The minimum atomic E-state index is 0.581. The SMILES string of the molecule is CCS[C@H]1CCC[C@H]1NCc1nccc(OC)c1OC. The molecule has 2 rings (SSSR count). The first-order valence-electron chi connectivity index (χ1n) is 7.21. The van der Waals surface area contributed by atoms with Gasteiger partial charge in [0.15, 0.2) is 11.5 Å². The number of aromatic nitrogens is 1. The predicted molar refractivity (Wildman–Crippen MR) is 83.7 cm³/mol. The lowest BCUT2D eigenvalue weighted by Crippen LogP contribution is -2.34. The summed E-state index contributed by atoms with van der Waals surface area (Å²) in [7, 11) is 3.31. The smallest absolute Gasteiger partial charge is 0.183 e. The quantitative estimate of drug-likeness (QED) is 0.838. The van der Waals surface area contributed by atoms with E-state index < -0.39 is 0 Å². The van der Waals surface area contributed by atoms with Crippen molar-refractivity contribution in [2.45, 2.75) is 44.0 Å². The lowest BCUT2D eigenvalue weighted by molar-refractivity contribution is 0.347. The van der Waals surface area contributed by atoms with Crippen LogP contribution in [0.1, 0.15) is 31.9 Å². The third kappa shape index (κ3) is 3.58. The Morgan fingerprint density at radius 1 is 1.35 bits per heavy atom. The van der Waals surface area contributed by atoms with Gasteiger partial charge in [0, 0.05) is 30.1 Å². The summed E-state index contributed by atoms with van der Waals surface area (Å²) >= 11 is 2.06. The first-order chi connectivity index (χ1) is 9.80. The van der Waals surface area contributed by atoms with Crippen LogP contribution in [-0.2, 0) is 6.54 Å². The Morgan fingerprint density at radius 3 is 2.90 bits per heavy atom. The standard InChI is InChI=1S/C15H24N2O2S/c1-4-20-14-7-5-6-11(14)17-10-12-15(19-3)13(18-2)8-9-16-12/h8-9,11,14,17H,4-7,10H2,1-3H3/t11-,14+/m1/s1. The van der Waals surface area contributed by atoms with Crippen LogP contribution in [0.3, 0.4) is 0 Å². The molecule has 4 nitrogen and oxygen atoms in total. The van der Waals surface area contributed by atoms with E-state index in [-0.39, 0.29) is 0 Å². The summed E-state index contributed by atoms with van der Waals surface area (Å²) in [6.45, 7) is 2.96. The average molecular weight is 296 g/mol. The lowest BCUT2D eigenvalue weighted by atomic mass is 10.2. The number of hydrogen-bond acceptors (Lipinski definition) is 5. The Hall–Kier alpha value is -0.940. The fourth-order valence-corrected chi connectivity index (χ4v) is 4.00. The molecule has 20 heavy (non-hydrogen) atoms. The number of nitrogens with zero attached hydrogens (tertiary/aromatic N) is 1. The summed E-state index contributed by atoms with van der Waals surface area (Å²) in [6.07, 6.45) is 5.66. The Balaban J connectivity index is 2.00. The molecule has 112 valence electrons. The molecule has 0 aromatic carbocycles. The molecular weight excluding hydrogens is 272 g/mol. The van der Waals surface area contributed by atoms with Crippen molar-refractivity contribution >= 4 is 11.8 Å². The van der Waals surface area contributed by atoms with E-state index in [0.29, 0.717) is 6.04 Å². The second-order valence-corrected chi connectivity index (χ2v) is 6.42. The minimum absolute atomic E-state index is 0.581. The van der Waals surface area contributed by atoms with Gasteiger partial charge in [0.05, 0.1) is 19.9 Å². The number of hydrogen-bond donors (Lipinski definition) is 1. The maximum Gasteiger partial charge on any atom is 0.183 e. The molecule has 0 unspecified atom stereocenters. The number of pyridine rings is 1. The summed E-state index contributed by atoms with van der Waals surface area (Å²) in [4.78, 5) is 4.42. The van der Waals surface area contributed by atoms with Crippen LogP contribution < -0.4 is 14.8 Å². The van der Waals surface area contributed by atoms with Gasteiger partial charge in [0.25, 0.3) is 0 Å². The van der Waals surface area contributed by atoms with E-state index in [9.17, 15) is 0 Å². The van der Waals surface area contributed by atoms with Crippen LogP contribution in [0.4, 0.5) is 0 Å². The van der Waals surface area contributed by atoms with Gasteiger partial charge in [0.2, 0.25) is 0 Å². The molecule has 2 atom stereocenters. The topological polar surface area (TPSA) is 43.4 Å². The molecule has 1 heterocycles. The molecule has 0 spiro atoms. The first-order valence-corrected chi connectivity index (χ1v) is 8.25.